The van der Waals surface area contributed by atoms with Crippen LogP contribution < -0.4 is 10.9 Å². The highest BCUT2D eigenvalue weighted by Crippen LogP contribution is 2.33. The van der Waals surface area contributed by atoms with E-state index in [1.807, 2.05) is 17.5 Å². The van der Waals surface area contributed by atoms with Crippen LogP contribution in [0.25, 0.3) is 20.8 Å². The Hall–Kier alpha value is -2.06. The summed E-state index contributed by atoms with van der Waals surface area (Å²) in [6.07, 6.45) is 0. The summed E-state index contributed by atoms with van der Waals surface area (Å²) >= 11 is 2.77. The second-order valence-corrected chi connectivity index (χ2v) is 5.70. The molecule has 8 heteroatoms. The van der Waals surface area contributed by atoms with Crippen molar-refractivity contribution in [3.05, 3.63) is 27.9 Å². The van der Waals surface area contributed by atoms with Gasteiger partial charge in [-0.2, -0.15) is 5.10 Å². The first kappa shape index (κ1) is 12.0. The smallest absolute Gasteiger partial charge is 0.291 e. The van der Waals surface area contributed by atoms with E-state index in [0.29, 0.717) is 21.0 Å². The van der Waals surface area contributed by atoms with E-state index in [1.54, 1.807) is 0 Å². The number of fused-ring (bicyclic) bond motifs is 1. The number of hydrogen-bond donors (Lipinski definition) is 2. The summed E-state index contributed by atoms with van der Waals surface area (Å²) in [7, 11) is 0. The van der Waals surface area contributed by atoms with Gasteiger partial charge in [-0.25, -0.2) is 10.1 Å². The summed E-state index contributed by atoms with van der Waals surface area (Å²) in [6.45, 7) is 1.40. The second kappa shape index (κ2) is 4.56. The highest BCUT2D eigenvalue weighted by Gasteiger charge is 2.15. The van der Waals surface area contributed by atoms with Crippen molar-refractivity contribution in [1.29, 1.82) is 0 Å². The predicted molar refractivity (Wildman–Crippen MR) is 75.7 cm³/mol. The van der Waals surface area contributed by atoms with Crippen LogP contribution in [0.3, 0.4) is 0 Å². The zero-order valence-corrected chi connectivity index (χ0v) is 11.4. The fraction of sp³-hybridized carbons (Fsp3) is 0.0909. The number of nitrogens with zero attached hydrogens (tertiary/aromatic N) is 2. The molecular formula is C11H8N4O2S2. The number of aromatic amines is 1. The Morgan fingerprint density at radius 3 is 3.00 bits per heavy atom. The monoisotopic (exact) mass is 292 g/mol. The van der Waals surface area contributed by atoms with Crippen LogP contribution in [0, 0.1) is 0 Å². The summed E-state index contributed by atoms with van der Waals surface area (Å²) in [5, 5.41) is 11.4. The number of aromatic nitrogens is 3. The van der Waals surface area contributed by atoms with E-state index in [0.717, 1.165) is 4.88 Å². The quantitative estimate of drug-likeness (QED) is 0.757. The van der Waals surface area contributed by atoms with Gasteiger partial charge in [0.25, 0.3) is 5.56 Å². The number of H-pyrrole nitrogens is 1. The molecule has 0 radical (unpaired) electrons. The lowest BCUT2D eigenvalue weighted by atomic mass is 10.3. The number of thiazole rings is 1. The molecule has 6 nitrogen and oxygen atoms in total. The lowest BCUT2D eigenvalue weighted by Crippen LogP contribution is -2.09. The fourth-order valence-electron chi connectivity index (χ4n) is 1.63. The summed E-state index contributed by atoms with van der Waals surface area (Å²) < 4.78 is 0.676. The molecule has 0 atom stereocenters. The number of thiophene rings is 1. The van der Waals surface area contributed by atoms with Crippen LogP contribution >= 0.6 is 22.7 Å². The van der Waals surface area contributed by atoms with Gasteiger partial charge in [0.15, 0.2) is 10.6 Å². The minimum absolute atomic E-state index is 0.221. The number of hydrogen-bond acceptors (Lipinski definition) is 6. The van der Waals surface area contributed by atoms with Crippen molar-refractivity contribution in [2.24, 2.45) is 0 Å². The SMILES string of the molecule is CC(=O)Nc1nc2c(=O)[nH]nc(-c3cccs3)c2s1. The Bertz CT molecular complexity index is 804. The van der Waals surface area contributed by atoms with Gasteiger partial charge >= 0.3 is 0 Å². The van der Waals surface area contributed by atoms with Crippen LogP contribution in [0.5, 0.6) is 0 Å². The second-order valence-electron chi connectivity index (χ2n) is 3.76. The van der Waals surface area contributed by atoms with Gasteiger partial charge < -0.3 is 5.32 Å². The van der Waals surface area contributed by atoms with Crippen LogP contribution in [0.2, 0.25) is 0 Å². The van der Waals surface area contributed by atoms with Crippen LogP contribution in [-0.2, 0) is 4.79 Å². The molecule has 0 aliphatic carbocycles. The van der Waals surface area contributed by atoms with E-state index in [1.165, 1.54) is 29.6 Å². The molecule has 0 aliphatic heterocycles. The molecule has 0 unspecified atom stereocenters. The molecular weight excluding hydrogens is 284 g/mol. The molecule has 0 aliphatic rings. The van der Waals surface area contributed by atoms with E-state index in [2.05, 4.69) is 20.5 Å². The third-order valence-electron chi connectivity index (χ3n) is 2.36. The summed E-state index contributed by atoms with van der Waals surface area (Å²) in [4.78, 5) is 27.8. The molecule has 0 saturated carbocycles. The number of carbonyl (C=O) groups is 1. The third kappa shape index (κ3) is 2.15. The number of nitrogens with one attached hydrogen (secondary N) is 2. The lowest BCUT2D eigenvalue weighted by Gasteiger charge is -1.95. The normalized spacial score (nSPS) is 10.8. The van der Waals surface area contributed by atoms with Gasteiger partial charge in [-0.15, -0.1) is 11.3 Å². The summed E-state index contributed by atoms with van der Waals surface area (Å²) in [5.41, 5.74) is 0.619. The van der Waals surface area contributed by atoms with Gasteiger partial charge in [0, 0.05) is 6.92 Å². The maximum absolute atomic E-state index is 11.7. The van der Waals surface area contributed by atoms with Crippen molar-refractivity contribution >= 4 is 43.9 Å². The molecule has 96 valence electrons. The highest BCUT2D eigenvalue weighted by molar-refractivity contribution is 7.23. The molecule has 0 spiro atoms. The molecule has 0 saturated heterocycles. The Morgan fingerprint density at radius 1 is 1.47 bits per heavy atom. The molecule has 0 fully saturated rings. The van der Waals surface area contributed by atoms with Gasteiger partial charge in [0.05, 0.1) is 9.58 Å². The molecule has 0 bridgehead atoms. The first-order chi connectivity index (χ1) is 9.15. The lowest BCUT2D eigenvalue weighted by molar-refractivity contribution is -0.114. The minimum atomic E-state index is -0.358. The van der Waals surface area contributed by atoms with Crippen molar-refractivity contribution in [1.82, 2.24) is 15.2 Å². The molecule has 3 aromatic heterocycles. The van der Waals surface area contributed by atoms with Crippen molar-refractivity contribution < 1.29 is 4.79 Å². The Labute approximate surface area is 115 Å². The van der Waals surface area contributed by atoms with Crippen molar-refractivity contribution in [2.75, 3.05) is 5.32 Å². The standard InChI is InChI=1S/C11H8N4O2S2/c1-5(16)12-11-13-8-9(19-11)7(14-15-10(8)17)6-3-2-4-18-6/h2-4H,1H3,(H,15,17)(H,12,13,16). The Balaban J connectivity index is 2.24. The fourth-order valence-corrected chi connectivity index (χ4v) is 3.43. The molecule has 3 aromatic rings. The van der Waals surface area contributed by atoms with E-state index < -0.39 is 0 Å². The molecule has 1 amide bonds. The topological polar surface area (TPSA) is 87.7 Å². The Kier molecular flexibility index (Phi) is 2.88. The number of anilines is 1. The van der Waals surface area contributed by atoms with Crippen LogP contribution in [0.1, 0.15) is 6.92 Å². The van der Waals surface area contributed by atoms with E-state index >= 15 is 0 Å². The predicted octanol–water partition coefficient (Wildman–Crippen LogP) is 2.07. The first-order valence-corrected chi connectivity index (χ1v) is 7.05. The average Bonchev–Trinajstić information content (AvgIpc) is 2.97. The highest BCUT2D eigenvalue weighted by atomic mass is 32.1. The first-order valence-electron chi connectivity index (χ1n) is 5.36. The maximum Gasteiger partial charge on any atom is 0.291 e. The molecule has 2 N–H and O–H groups in total. The third-order valence-corrected chi connectivity index (χ3v) is 4.22. The van der Waals surface area contributed by atoms with Crippen molar-refractivity contribution in [3.63, 3.8) is 0 Å². The maximum atomic E-state index is 11.7. The largest absolute Gasteiger partial charge is 0.302 e. The van der Waals surface area contributed by atoms with Crippen molar-refractivity contribution in [3.8, 4) is 10.6 Å². The van der Waals surface area contributed by atoms with Gasteiger partial charge in [0.1, 0.15) is 5.69 Å². The Morgan fingerprint density at radius 2 is 2.32 bits per heavy atom. The minimum Gasteiger partial charge on any atom is -0.302 e. The molecule has 0 aromatic carbocycles. The number of rotatable bonds is 2. The number of carbonyl (C=O) groups excluding carboxylic acids is 1. The van der Waals surface area contributed by atoms with Gasteiger partial charge in [-0.3, -0.25) is 9.59 Å². The van der Waals surface area contributed by atoms with Crippen LogP contribution in [0.4, 0.5) is 5.13 Å². The van der Waals surface area contributed by atoms with E-state index in [4.69, 9.17) is 0 Å². The van der Waals surface area contributed by atoms with Crippen molar-refractivity contribution in [2.45, 2.75) is 6.92 Å². The average molecular weight is 292 g/mol. The van der Waals surface area contributed by atoms with E-state index in [9.17, 15) is 9.59 Å². The van der Waals surface area contributed by atoms with Crippen LogP contribution in [-0.4, -0.2) is 21.1 Å². The zero-order chi connectivity index (χ0) is 13.4. The molecule has 3 heterocycles. The summed E-state index contributed by atoms with van der Waals surface area (Å²) in [5.74, 6) is -0.221. The van der Waals surface area contributed by atoms with Gasteiger partial charge in [-0.1, -0.05) is 17.4 Å². The van der Waals surface area contributed by atoms with E-state index in [-0.39, 0.29) is 11.5 Å². The summed E-state index contributed by atoms with van der Waals surface area (Å²) in [6, 6.07) is 3.83. The van der Waals surface area contributed by atoms with Crippen LogP contribution in [0.15, 0.2) is 22.3 Å². The molecule has 19 heavy (non-hydrogen) atoms. The zero-order valence-electron chi connectivity index (χ0n) is 9.76. The van der Waals surface area contributed by atoms with Gasteiger partial charge in [0.2, 0.25) is 5.91 Å². The van der Waals surface area contributed by atoms with Gasteiger partial charge in [-0.05, 0) is 11.4 Å². The molecule has 3 rings (SSSR count). The number of amides is 1.